The average Bonchev–Trinajstić information content (AvgIpc) is 3.17. The van der Waals surface area contributed by atoms with Crippen molar-refractivity contribution in [2.24, 2.45) is 5.92 Å². The largest absolute Gasteiger partial charge is 0.504 e. The maximum atomic E-state index is 11.0. The molecule has 6 heteroatoms. The van der Waals surface area contributed by atoms with Gasteiger partial charge in [-0.1, -0.05) is 55.0 Å². The molecule has 0 bridgehead atoms. The number of aryl methyl sites for hydroxylation is 1. The number of hydrogen-bond acceptors (Lipinski definition) is 4. The zero-order valence-electron chi connectivity index (χ0n) is 18.9. The predicted molar refractivity (Wildman–Crippen MR) is 129 cm³/mol. The molecule has 4 rings (SSSR count). The van der Waals surface area contributed by atoms with Gasteiger partial charge in [0.25, 0.3) is 0 Å². The van der Waals surface area contributed by atoms with Gasteiger partial charge in [-0.25, -0.2) is 4.98 Å². The molecule has 0 spiro atoms. The van der Waals surface area contributed by atoms with Crippen molar-refractivity contribution in [3.05, 3.63) is 72.3 Å². The molecule has 1 unspecified atom stereocenters. The van der Waals surface area contributed by atoms with Gasteiger partial charge in [0, 0.05) is 23.4 Å². The van der Waals surface area contributed by atoms with Crippen LogP contribution in [0.1, 0.15) is 31.7 Å². The van der Waals surface area contributed by atoms with E-state index in [1.165, 1.54) is 5.56 Å². The van der Waals surface area contributed by atoms with Crippen LogP contribution in [0.3, 0.4) is 0 Å². The number of carboxylic acid groups (broad SMARTS) is 1. The first-order valence-corrected chi connectivity index (χ1v) is 11.2. The Morgan fingerprint density at radius 3 is 2.48 bits per heavy atom. The molecule has 6 nitrogen and oxygen atoms in total. The van der Waals surface area contributed by atoms with Gasteiger partial charge in [-0.15, -0.1) is 0 Å². The van der Waals surface area contributed by atoms with Crippen molar-refractivity contribution >= 4 is 17.0 Å². The second-order valence-corrected chi connectivity index (χ2v) is 8.36. The summed E-state index contributed by atoms with van der Waals surface area (Å²) in [5.41, 5.74) is 4.63. The second-order valence-electron chi connectivity index (χ2n) is 8.36. The highest BCUT2D eigenvalue weighted by Gasteiger charge is 2.17. The van der Waals surface area contributed by atoms with Gasteiger partial charge < -0.3 is 14.9 Å². The van der Waals surface area contributed by atoms with E-state index in [-0.39, 0.29) is 11.7 Å². The van der Waals surface area contributed by atoms with E-state index in [0.29, 0.717) is 30.7 Å². The number of rotatable bonds is 9. The number of phenolic OH excluding ortho intramolecular Hbond substituents is 1. The Kier molecular flexibility index (Phi) is 6.63. The maximum absolute atomic E-state index is 11.0. The van der Waals surface area contributed by atoms with E-state index in [1.54, 1.807) is 13.0 Å². The molecule has 0 radical (unpaired) electrons. The van der Waals surface area contributed by atoms with Gasteiger partial charge in [0.15, 0.2) is 11.5 Å². The zero-order chi connectivity index (χ0) is 23.4. The van der Waals surface area contributed by atoms with Crippen LogP contribution in [-0.2, 0) is 4.79 Å². The number of aromatic nitrogens is 2. The van der Waals surface area contributed by atoms with Crippen LogP contribution >= 0.6 is 0 Å². The third-order valence-corrected chi connectivity index (χ3v) is 5.77. The smallest absolute Gasteiger partial charge is 0.306 e. The lowest BCUT2D eigenvalue weighted by Crippen LogP contribution is -2.09. The van der Waals surface area contributed by atoms with Crippen molar-refractivity contribution in [1.29, 1.82) is 0 Å². The Morgan fingerprint density at radius 1 is 1.06 bits per heavy atom. The van der Waals surface area contributed by atoms with Crippen molar-refractivity contribution in [3.8, 4) is 28.6 Å². The number of carbonyl (C=O) groups is 1. The highest BCUT2D eigenvalue weighted by atomic mass is 16.5. The first-order valence-electron chi connectivity index (χ1n) is 11.2. The molecule has 0 aliphatic heterocycles. The standard InChI is InChI=1S/C27H28N2O4/c1-18-11-13-21(14-12-18)29-23-17-25(33-15-7-6-8-19(2)27(31)32)24(30)16-22(23)28-26(29)20-9-4-3-5-10-20/h3-5,9-14,16-17,19,30H,6-8,15H2,1-2H3,(H,31,32). The fourth-order valence-electron chi connectivity index (χ4n) is 3.80. The topological polar surface area (TPSA) is 84.6 Å². The van der Waals surface area contributed by atoms with Gasteiger partial charge in [0.2, 0.25) is 0 Å². The van der Waals surface area contributed by atoms with Crippen LogP contribution in [0.25, 0.3) is 28.1 Å². The summed E-state index contributed by atoms with van der Waals surface area (Å²) in [7, 11) is 0. The third-order valence-electron chi connectivity index (χ3n) is 5.77. The molecule has 0 aliphatic carbocycles. The van der Waals surface area contributed by atoms with Crippen LogP contribution in [0.15, 0.2) is 66.7 Å². The fourth-order valence-corrected chi connectivity index (χ4v) is 3.80. The molecule has 3 aromatic carbocycles. The molecule has 1 aromatic heterocycles. The molecular weight excluding hydrogens is 416 g/mol. The number of imidazole rings is 1. The van der Waals surface area contributed by atoms with Crippen LogP contribution < -0.4 is 4.74 Å². The monoisotopic (exact) mass is 444 g/mol. The fraction of sp³-hybridized carbons (Fsp3) is 0.259. The van der Waals surface area contributed by atoms with E-state index < -0.39 is 5.97 Å². The molecular formula is C27H28N2O4. The summed E-state index contributed by atoms with van der Waals surface area (Å²) in [6, 6.07) is 21.6. The van der Waals surface area contributed by atoms with Crippen molar-refractivity contribution in [2.75, 3.05) is 6.61 Å². The Bertz CT molecular complexity index is 1250. The van der Waals surface area contributed by atoms with E-state index in [0.717, 1.165) is 29.0 Å². The summed E-state index contributed by atoms with van der Waals surface area (Å²) in [4.78, 5) is 15.8. The van der Waals surface area contributed by atoms with E-state index in [4.69, 9.17) is 14.8 Å². The van der Waals surface area contributed by atoms with Crippen molar-refractivity contribution in [2.45, 2.75) is 33.1 Å². The number of aromatic hydroxyl groups is 1. The van der Waals surface area contributed by atoms with Crippen molar-refractivity contribution < 1.29 is 19.7 Å². The summed E-state index contributed by atoms with van der Waals surface area (Å²) in [5, 5.41) is 19.6. The molecule has 0 amide bonds. The Labute approximate surface area is 193 Å². The van der Waals surface area contributed by atoms with Crippen molar-refractivity contribution in [1.82, 2.24) is 9.55 Å². The maximum Gasteiger partial charge on any atom is 0.306 e. The first-order chi connectivity index (χ1) is 15.9. The Balaban J connectivity index is 1.66. The minimum atomic E-state index is -0.780. The van der Waals surface area contributed by atoms with Gasteiger partial charge in [-0.3, -0.25) is 9.36 Å². The molecule has 4 aromatic rings. The number of nitrogens with zero attached hydrogens (tertiary/aromatic N) is 2. The summed E-state index contributed by atoms with van der Waals surface area (Å²) >= 11 is 0. The summed E-state index contributed by atoms with van der Waals surface area (Å²) in [6.07, 6.45) is 2.06. The van der Waals surface area contributed by atoms with Gasteiger partial charge in [0.05, 0.1) is 23.6 Å². The highest BCUT2D eigenvalue weighted by molar-refractivity contribution is 5.86. The highest BCUT2D eigenvalue weighted by Crippen LogP contribution is 2.36. The van der Waals surface area contributed by atoms with Gasteiger partial charge >= 0.3 is 5.97 Å². The molecule has 0 saturated heterocycles. The minimum absolute atomic E-state index is 0.0366. The zero-order valence-corrected chi connectivity index (χ0v) is 18.9. The van der Waals surface area contributed by atoms with Crippen LogP contribution in [0.5, 0.6) is 11.5 Å². The van der Waals surface area contributed by atoms with E-state index >= 15 is 0 Å². The van der Waals surface area contributed by atoms with E-state index in [2.05, 4.69) is 35.8 Å². The molecule has 33 heavy (non-hydrogen) atoms. The number of aliphatic carboxylic acids is 1. The van der Waals surface area contributed by atoms with E-state index in [9.17, 15) is 9.90 Å². The lowest BCUT2D eigenvalue weighted by molar-refractivity contribution is -0.141. The quantitative estimate of drug-likeness (QED) is 0.310. The van der Waals surface area contributed by atoms with Crippen LogP contribution in [0.4, 0.5) is 0 Å². The molecule has 0 fully saturated rings. The second kappa shape index (κ2) is 9.77. The third kappa shape index (κ3) is 5.00. The summed E-state index contributed by atoms with van der Waals surface area (Å²) < 4.78 is 7.95. The molecule has 1 atom stereocenters. The Morgan fingerprint density at radius 2 is 1.79 bits per heavy atom. The number of unbranched alkanes of at least 4 members (excludes halogenated alkanes) is 1. The lowest BCUT2D eigenvalue weighted by Gasteiger charge is -2.12. The minimum Gasteiger partial charge on any atom is -0.504 e. The van der Waals surface area contributed by atoms with Gasteiger partial charge in [0.1, 0.15) is 5.82 Å². The molecule has 170 valence electrons. The van der Waals surface area contributed by atoms with E-state index in [1.807, 2.05) is 36.4 Å². The first kappa shape index (κ1) is 22.4. The van der Waals surface area contributed by atoms with Crippen LogP contribution in [0.2, 0.25) is 0 Å². The lowest BCUT2D eigenvalue weighted by atomic mass is 10.1. The number of benzene rings is 3. The van der Waals surface area contributed by atoms with Gasteiger partial charge in [-0.2, -0.15) is 0 Å². The number of fused-ring (bicyclic) bond motifs is 1. The van der Waals surface area contributed by atoms with Crippen LogP contribution in [-0.4, -0.2) is 32.3 Å². The van der Waals surface area contributed by atoms with Crippen molar-refractivity contribution in [3.63, 3.8) is 0 Å². The number of hydrogen-bond donors (Lipinski definition) is 2. The Hall–Kier alpha value is -3.80. The molecule has 1 heterocycles. The SMILES string of the molecule is Cc1ccc(-n2c(-c3ccccc3)nc3cc(O)c(OCCCCC(C)C(=O)O)cc32)cc1. The number of phenols is 1. The normalized spacial score (nSPS) is 12.1. The molecule has 0 aliphatic rings. The average molecular weight is 445 g/mol. The van der Waals surface area contributed by atoms with Crippen LogP contribution in [0, 0.1) is 12.8 Å². The predicted octanol–water partition coefficient (Wildman–Crippen LogP) is 5.98. The molecule has 2 N–H and O–H groups in total. The number of ether oxygens (including phenoxy) is 1. The summed E-state index contributed by atoms with van der Waals surface area (Å²) in [5.74, 6) is 0.0671. The van der Waals surface area contributed by atoms with Gasteiger partial charge in [-0.05, 0) is 38.3 Å². The number of carboxylic acids is 1. The summed E-state index contributed by atoms with van der Waals surface area (Å²) in [6.45, 7) is 4.16. The molecule has 0 saturated carbocycles.